The van der Waals surface area contributed by atoms with E-state index >= 15 is 0 Å². The summed E-state index contributed by atoms with van der Waals surface area (Å²) in [4.78, 5) is 22.6. The second-order valence-electron chi connectivity index (χ2n) is 3.88. The molecule has 2 rings (SSSR count). The number of aromatic nitrogens is 1. The predicted octanol–water partition coefficient (Wildman–Crippen LogP) is 1.96. The monoisotopic (exact) mass is 262 g/mol. The topological polar surface area (TPSA) is 71.3 Å². The fraction of sp³-hybridized carbons (Fsp3) is 0.0769. The number of carboxylic acid groups (broad SMARTS) is 1. The van der Waals surface area contributed by atoms with Crippen LogP contribution in [0.25, 0.3) is 0 Å². The molecule has 1 aromatic heterocycles. The van der Waals surface area contributed by atoms with Crippen molar-refractivity contribution in [2.45, 2.75) is 6.54 Å². The zero-order chi connectivity index (χ0) is 13.8. The zero-order valence-electron chi connectivity index (χ0n) is 9.84. The first-order chi connectivity index (χ1) is 9.06. The molecule has 0 saturated heterocycles. The quantitative estimate of drug-likeness (QED) is 0.884. The molecule has 0 bridgehead atoms. The molecule has 6 heteroatoms. The highest BCUT2D eigenvalue weighted by atomic mass is 19.1. The third-order valence-corrected chi connectivity index (χ3v) is 2.49. The van der Waals surface area contributed by atoms with E-state index in [4.69, 9.17) is 5.11 Å². The van der Waals surface area contributed by atoms with Crippen LogP contribution in [0.15, 0.2) is 42.6 Å². The van der Waals surface area contributed by atoms with E-state index in [1.165, 1.54) is 41.1 Å². The van der Waals surface area contributed by atoms with Gasteiger partial charge in [-0.05, 0) is 36.4 Å². The first-order valence-corrected chi connectivity index (χ1v) is 5.50. The number of halogens is 1. The Balaban J connectivity index is 2.03. The van der Waals surface area contributed by atoms with Gasteiger partial charge in [-0.2, -0.15) is 0 Å². The molecule has 1 heterocycles. The molecule has 0 aliphatic rings. The highest BCUT2D eigenvalue weighted by Crippen LogP contribution is 2.09. The Morgan fingerprint density at radius 1 is 1.21 bits per heavy atom. The minimum Gasteiger partial charge on any atom is -0.477 e. The van der Waals surface area contributed by atoms with Gasteiger partial charge in [0.25, 0.3) is 0 Å². The Morgan fingerprint density at radius 2 is 1.89 bits per heavy atom. The van der Waals surface area contributed by atoms with Crippen molar-refractivity contribution in [3.63, 3.8) is 0 Å². The summed E-state index contributed by atoms with van der Waals surface area (Å²) in [6.07, 6.45) is 1.51. The summed E-state index contributed by atoms with van der Waals surface area (Å²) in [5.41, 5.74) is 0.490. The Morgan fingerprint density at radius 3 is 2.53 bits per heavy atom. The largest absolute Gasteiger partial charge is 0.477 e. The Kier molecular flexibility index (Phi) is 3.61. The van der Waals surface area contributed by atoms with Gasteiger partial charge in [-0.3, -0.25) is 4.79 Å². The molecule has 0 aliphatic carbocycles. The number of nitrogens with one attached hydrogen (secondary N) is 1. The molecular formula is C13H11FN2O3. The second-order valence-corrected chi connectivity index (χ2v) is 3.88. The van der Waals surface area contributed by atoms with Crippen LogP contribution < -0.4 is 5.32 Å². The van der Waals surface area contributed by atoms with E-state index in [0.717, 1.165) is 0 Å². The predicted molar refractivity (Wildman–Crippen MR) is 66.4 cm³/mol. The van der Waals surface area contributed by atoms with Crippen molar-refractivity contribution in [3.05, 3.63) is 54.1 Å². The average molecular weight is 262 g/mol. The summed E-state index contributed by atoms with van der Waals surface area (Å²) in [6.45, 7) is -0.119. The lowest BCUT2D eigenvalue weighted by Crippen LogP contribution is -2.20. The summed E-state index contributed by atoms with van der Waals surface area (Å²) < 4.78 is 14.0. The van der Waals surface area contributed by atoms with Gasteiger partial charge >= 0.3 is 5.97 Å². The van der Waals surface area contributed by atoms with E-state index in [1.54, 1.807) is 6.07 Å². The first kappa shape index (κ1) is 12.8. The lowest BCUT2D eigenvalue weighted by molar-refractivity contribution is -0.116. The number of benzene rings is 1. The van der Waals surface area contributed by atoms with E-state index in [0.29, 0.717) is 5.69 Å². The average Bonchev–Trinajstić information content (AvgIpc) is 2.80. The maximum Gasteiger partial charge on any atom is 0.352 e. The second kappa shape index (κ2) is 5.34. The number of hydrogen-bond acceptors (Lipinski definition) is 2. The summed E-state index contributed by atoms with van der Waals surface area (Å²) in [7, 11) is 0. The van der Waals surface area contributed by atoms with E-state index in [9.17, 15) is 14.0 Å². The van der Waals surface area contributed by atoms with Crippen molar-refractivity contribution >= 4 is 17.6 Å². The Bertz CT molecular complexity index is 605. The number of carbonyl (C=O) groups excluding carboxylic acids is 1. The standard InChI is InChI=1S/C13H11FN2O3/c14-9-3-5-10(6-4-9)15-12(17)8-16-7-1-2-11(16)13(18)19/h1-7H,8H2,(H,15,17)(H,18,19). The molecule has 0 fully saturated rings. The number of hydrogen-bond donors (Lipinski definition) is 2. The molecule has 98 valence electrons. The van der Waals surface area contributed by atoms with Crippen LogP contribution in [0.4, 0.5) is 10.1 Å². The van der Waals surface area contributed by atoms with Crippen molar-refractivity contribution in [1.82, 2.24) is 4.57 Å². The molecule has 0 spiro atoms. The number of anilines is 1. The lowest BCUT2D eigenvalue weighted by atomic mass is 10.3. The van der Waals surface area contributed by atoms with E-state index in [2.05, 4.69) is 5.32 Å². The first-order valence-electron chi connectivity index (χ1n) is 5.50. The van der Waals surface area contributed by atoms with Gasteiger partial charge in [0.1, 0.15) is 18.1 Å². The Labute approximate surface area is 108 Å². The van der Waals surface area contributed by atoms with Crippen LogP contribution in [0.5, 0.6) is 0 Å². The van der Waals surface area contributed by atoms with Gasteiger partial charge in [0.15, 0.2) is 0 Å². The third-order valence-electron chi connectivity index (χ3n) is 2.49. The summed E-state index contributed by atoms with van der Waals surface area (Å²) in [5.74, 6) is -1.87. The van der Waals surface area contributed by atoms with E-state index in [1.807, 2.05) is 0 Å². The maximum absolute atomic E-state index is 12.7. The molecule has 1 amide bonds. The molecular weight excluding hydrogens is 251 g/mol. The van der Waals surface area contributed by atoms with Gasteiger partial charge in [-0.15, -0.1) is 0 Å². The van der Waals surface area contributed by atoms with Crippen molar-refractivity contribution < 1.29 is 19.1 Å². The number of nitrogens with zero attached hydrogens (tertiary/aromatic N) is 1. The van der Waals surface area contributed by atoms with Gasteiger partial charge in [-0.25, -0.2) is 9.18 Å². The normalized spacial score (nSPS) is 10.2. The van der Waals surface area contributed by atoms with Crippen LogP contribution in [0.2, 0.25) is 0 Å². The molecule has 19 heavy (non-hydrogen) atoms. The summed E-state index contributed by atoms with van der Waals surface area (Å²) in [6, 6.07) is 8.28. The van der Waals surface area contributed by atoms with Gasteiger partial charge in [0.2, 0.25) is 5.91 Å². The lowest BCUT2D eigenvalue weighted by Gasteiger charge is -2.07. The maximum atomic E-state index is 12.7. The molecule has 0 atom stereocenters. The van der Waals surface area contributed by atoms with Crippen molar-refractivity contribution in [2.75, 3.05) is 5.32 Å². The van der Waals surface area contributed by atoms with Crippen LogP contribution in [-0.4, -0.2) is 21.6 Å². The smallest absolute Gasteiger partial charge is 0.352 e. The summed E-state index contributed by atoms with van der Waals surface area (Å²) in [5, 5.41) is 11.4. The highest BCUT2D eigenvalue weighted by molar-refractivity contribution is 5.92. The fourth-order valence-corrected chi connectivity index (χ4v) is 1.63. The van der Waals surface area contributed by atoms with Crippen molar-refractivity contribution in [3.8, 4) is 0 Å². The number of aromatic carboxylic acids is 1. The minimum absolute atomic E-state index is 0.0363. The van der Waals surface area contributed by atoms with Crippen molar-refractivity contribution in [1.29, 1.82) is 0 Å². The van der Waals surface area contributed by atoms with Gasteiger partial charge in [0.05, 0.1) is 0 Å². The molecule has 2 N–H and O–H groups in total. The minimum atomic E-state index is -1.10. The molecule has 0 radical (unpaired) electrons. The SMILES string of the molecule is O=C(Cn1cccc1C(=O)O)Nc1ccc(F)cc1. The summed E-state index contributed by atoms with van der Waals surface area (Å²) >= 11 is 0. The van der Waals surface area contributed by atoms with Crippen LogP contribution >= 0.6 is 0 Å². The molecule has 0 saturated carbocycles. The molecule has 1 aromatic carbocycles. The van der Waals surface area contributed by atoms with Gasteiger partial charge in [-0.1, -0.05) is 0 Å². The van der Waals surface area contributed by atoms with Crippen LogP contribution in [0.3, 0.4) is 0 Å². The van der Waals surface area contributed by atoms with Crippen LogP contribution in [-0.2, 0) is 11.3 Å². The molecule has 0 unspecified atom stereocenters. The number of carboxylic acids is 1. The van der Waals surface area contributed by atoms with Crippen molar-refractivity contribution in [2.24, 2.45) is 0 Å². The number of amides is 1. The molecule has 5 nitrogen and oxygen atoms in total. The van der Waals surface area contributed by atoms with Gasteiger partial charge in [0, 0.05) is 11.9 Å². The van der Waals surface area contributed by atoms with E-state index < -0.39 is 11.8 Å². The van der Waals surface area contributed by atoms with E-state index in [-0.39, 0.29) is 18.1 Å². The fourth-order valence-electron chi connectivity index (χ4n) is 1.63. The van der Waals surface area contributed by atoms with Gasteiger partial charge < -0.3 is 15.0 Å². The highest BCUT2D eigenvalue weighted by Gasteiger charge is 2.11. The third kappa shape index (κ3) is 3.19. The Hall–Kier alpha value is -2.63. The van der Waals surface area contributed by atoms with Crippen LogP contribution in [0.1, 0.15) is 10.5 Å². The zero-order valence-corrected chi connectivity index (χ0v) is 9.84. The number of rotatable bonds is 4. The number of carbonyl (C=O) groups is 2. The molecule has 0 aliphatic heterocycles. The molecule has 2 aromatic rings. The van der Waals surface area contributed by atoms with Crippen LogP contribution in [0, 0.1) is 5.82 Å².